The van der Waals surface area contributed by atoms with Gasteiger partial charge in [-0.15, -0.1) is 0 Å². The van der Waals surface area contributed by atoms with Crippen LogP contribution in [0.4, 0.5) is 0 Å². The Bertz CT molecular complexity index is 1120. The molecule has 0 fully saturated rings. The third-order valence-electron chi connectivity index (χ3n) is 5.33. The maximum Gasteiger partial charge on any atom is 0.141 e. The molecule has 0 aliphatic rings. The van der Waals surface area contributed by atoms with Crippen molar-refractivity contribution >= 4 is 27.0 Å². The maximum absolute atomic E-state index is 5.95. The number of hydrogen-bond donors (Lipinski definition) is 0. The predicted molar refractivity (Wildman–Crippen MR) is 128 cm³/mol. The molecule has 0 aliphatic carbocycles. The number of rotatable bonds is 8. The molecule has 0 spiro atoms. The molecule has 0 radical (unpaired) electrons. The van der Waals surface area contributed by atoms with Crippen LogP contribution in [-0.2, 0) is 6.54 Å². The molecule has 30 heavy (non-hydrogen) atoms. The summed E-state index contributed by atoms with van der Waals surface area (Å²) in [6.45, 7) is 6.05. The first kappa shape index (κ1) is 20.7. The van der Waals surface area contributed by atoms with Crippen molar-refractivity contribution in [3.63, 3.8) is 0 Å². The summed E-state index contributed by atoms with van der Waals surface area (Å²) in [6, 6.07) is 25.2. The highest BCUT2D eigenvalue weighted by atomic mass is 79.9. The van der Waals surface area contributed by atoms with Crippen LogP contribution < -0.4 is 4.74 Å². The van der Waals surface area contributed by atoms with Gasteiger partial charge >= 0.3 is 0 Å². The zero-order valence-electron chi connectivity index (χ0n) is 17.5. The van der Waals surface area contributed by atoms with Crippen LogP contribution in [0, 0.1) is 0 Å². The Morgan fingerprint density at radius 1 is 0.933 bits per heavy atom. The van der Waals surface area contributed by atoms with Crippen LogP contribution in [0.2, 0.25) is 0 Å². The fraction of sp³-hybridized carbons (Fsp3) is 0.269. The van der Waals surface area contributed by atoms with Gasteiger partial charge in [0.2, 0.25) is 0 Å². The monoisotopic (exact) mass is 462 g/mol. The largest absolute Gasteiger partial charge is 0.494 e. The highest BCUT2D eigenvalue weighted by Gasteiger charge is 2.12. The van der Waals surface area contributed by atoms with Crippen LogP contribution in [0.1, 0.15) is 38.2 Å². The fourth-order valence-corrected chi connectivity index (χ4v) is 4.06. The smallest absolute Gasteiger partial charge is 0.141 e. The number of ether oxygens (including phenoxy) is 1. The van der Waals surface area contributed by atoms with Crippen molar-refractivity contribution in [2.24, 2.45) is 0 Å². The molecule has 0 saturated heterocycles. The van der Waals surface area contributed by atoms with E-state index < -0.39 is 0 Å². The molecule has 0 atom stereocenters. The summed E-state index contributed by atoms with van der Waals surface area (Å²) in [7, 11) is 0. The number of halogens is 1. The summed E-state index contributed by atoms with van der Waals surface area (Å²) >= 11 is 3.58. The van der Waals surface area contributed by atoms with Gasteiger partial charge in [-0.25, -0.2) is 4.98 Å². The second-order valence-corrected chi connectivity index (χ2v) is 8.78. The van der Waals surface area contributed by atoms with Gasteiger partial charge < -0.3 is 9.30 Å². The molecule has 3 aromatic carbocycles. The maximum atomic E-state index is 5.95. The highest BCUT2D eigenvalue weighted by Crippen LogP contribution is 2.27. The molecule has 1 heterocycles. The average Bonchev–Trinajstić information content (AvgIpc) is 3.12. The summed E-state index contributed by atoms with van der Waals surface area (Å²) in [6.07, 6.45) is 2.03. The Morgan fingerprint density at radius 2 is 1.73 bits per heavy atom. The third-order valence-corrected chi connectivity index (χ3v) is 5.82. The number of benzene rings is 3. The van der Waals surface area contributed by atoms with Crippen LogP contribution in [0.5, 0.6) is 5.75 Å². The summed E-state index contributed by atoms with van der Waals surface area (Å²) < 4.78 is 9.34. The zero-order chi connectivity index (χ0) is 20.9. The summed E-state index contributed by atoms with van der Waals surface area (Å²) in [5, 5.41) is 0. The summed E-state index contributed by atoms with van der Waals surface area (Å²) in [5.41, 5.74) is 4.68. The van der Waals surface area contributed by atoms with Crippen molar-refractivity contribution in [3.8, 4) is 17.1 Å². The second kappa shape index (κ2) is 9.48. The summed E-state index contributed by atoms with van der Waals surface area (Å²) in [5.74, 6) is 2.51. The number of unbranched alkanes of at least 4 members (excludes halogenated alkanes) is 1. The van der Waals surface area contributed by atoms with Crippen molar-refractivity contribution in [2.75, 3.05) is 6.61 Å². The molecule has 4 aromatic rings. The zero-order valence-corrected chi connectivity index (χ0v) is 19.1. The first-order valence-electron chi connectivity index (χ1n) is 10.6. The van der Waals surface area contributed by atoms with Crippen LogP contribution >= 0.6 is 15.9 Å². The number of hydrogen-bond acceptors (Lipinski definition) is 2. The lowest BCUT2D eigenvalue weighted by molar-refractivity contribution is 0.303. The molecule has 0 unspecified atom stereocenters. The quantitative estimate of drug-likeness (QED) is 0.254. The summed E-state index contributed by atoms with van der Waals surface area (Å²) in [4.78, 5) is 4.90. The first-order chi connectivity index (χ1) is 14.6. The van der Waals surface area contributed by atoms with Gasteiger partial charge in [-0.05, 0) is 60.7 Å². The molecule has 4 rings (SSSR count). The van der Waals surface area contributed by atoms with E-state index in [1.807, 2.05) is 12.1 Å². The van der Waals surface area contributed by atoms with Gasteiger partial charge in [-0.2, -0.15) is 0 Å². The van der Waals surface area contributed by atoms with Gasteiger partial charge in [-0.1, -0.05) is 66.2 Å². The molecular weight excluding hydrogens is 436 g/mol. The Morgan fingerprint density at radius 3 is 2.50 bits per heavy atom. The Hall–Kier alpha value is -2.59. The molecule has 3 nitrogen and oxygen atoms in total. The van der Waals surface area contributed by atoms with Crippen LogP contribution in [0.15, 0.2) is 77.3 Å². The number of aryl methyl sites for hydroxylation is 1. The van der Waals surface area contributed by atoms with Crippen LogP contribution in [0.25, 0.3) is 22.4 Å². The number of para-hydroxylation sites is 2. The Kier molecular flexibility index (Phi) is 6.53. The van der Waals surface area contributed by atoms with E-state index in [9.17, 15) is 0 Å². The lowest BCUT2D eigenvalue weighted by atomic mass is 10.0. The van der Waals surface area contributed by atoms with E-state index in [4.69, 9.17) is 9.72 Å². The minimum atomic E-state index is 0.545. The molecule has 1 aromatic heterocycles. The van der Waals surface area contributed by atoms with Crippen molar-refractivity contribution in [2.45, 2.75) is 39.2 Å². The number of aromatic nitrogens is 2. The van der Waals surface area contributed by atoms with E-state index in [1.165, 1.54) is 11.1 Å². The van der Waals surface area contributed by atoms with Crippen molar-refractivity contribution in [1.29, 1.82) is 0 Å². The average molecular weight is 463 g/mol. The van der Waals surface area contributed by atoms with E-state index in [1.54, 1.807) is 0 Å². The standard InChI is InChI=1S/C26H27BrN2O/c1-19(2)20-12-14-23(15-13-20)30-17-6-5-16-29-25-11-4-3-10-24(25)28-26(29)21-8-7-9-22(27)18-21/h3-4,7-15,18-19H,5-6,16-17H2,1-2H3. The van der Waals surface area contributed by atoms with Crippen molar-refractivity contribution in [3.05, 3.63) is 82.8 Å². The number of imidazole rings is 1. The SMILES string of the molecule is CC(C)c1ccc(OCCCCn2c(-c3cccc(Br)c3)nc3ccccc32)cc1. The Labute approximate surface area is 186 Å². The van der Waals surface area contributed by atoms with E-state index >= 15 is 0 Å². The number of nitrogens with zero attached hydrogens (tertiary/aromatic N) is 2. The molecule has 0 aliphatic heterocycles. The van der Waals surface area contributed by atoms with Gasteiger partial charge in [0.05, 0.1) is 17.6 Å². The lowest BCUT2D eigenvalue weighted by Crippen LogP contribution is -2.04. The second-order valence-electron chi connectivity index (χ2n) is 7.87. The highest BCUT2D eigenvalue weighted by molar-refractivity contribution is 9.10. The van der Waals surface area contributed by atoms with Gasteiger partial charge in [0.25, 0.3) is 0 Å². The third kappa shape index (κ3) is 4.76. The van der Waals surface area contributed by atoms with Crippen LogP contribution in [-0.4, -0.2) is 16.2 Å². The minimum absolute atomic E-state index is 0.545. The topological polar surface area (TPSA) is 27.1 Å². The molecule has 0 N–H and O–H groups in total. The fourth-order valence-electron chi connectivity index (χ4n) is 3.66. The van der Waals surface area contributed by atoms with Gasteiger partial charge in [0.1, 0.15) is 11.6 Å². The molecule has 0 amide bonds. The first-order valence-corrected chi connectivity index (χ1v) is 11.3. The molecule has 0 saturated carbocycles. The predicted octanol–water partition coefficient (Wildman–Crippen LogP) is 7.45. The van der Waals surface area contributed by atoms with Gasteiger partial charge in [0.15, 0.2) is 0 Å². The Balaban J connectivity index is 1.42. The van der Waals surface area contributed by atoms with Crippen molar-refractivity contribution in [1.82, 2.24) is 9.55 Å². The van der Waals surface area contributed by atoms with E-state index in [2.05, 4.69) is 95.0 Å². The normalized spacial score (nSPS) is 11.3. The molecule has 154 valence electrons. The van der Waals surface area contributed by atoms with E-state index in [-0.39, 0.29) is 0 Å². The van der Waals surface area contributed by atoms with Crippen LogP contribution in [0.3, 0.4) is 0 Å². The molecule has 0 bridgehead atoms. The number of fused-ring (bicyclic) bond motifs is 1. The van der Waals surface area contributed by atoms with E-state index in [0.717, 1.165) is 53.1 Å². The van der Waals surface area contributed by atoms with E-state index in [0.29, 0.717) is 5.92 Å². The van der Waals surface area contributed by atoms with Crippen molar-refractivity contribution < 1.29 is 4.74 Å². The molecular formula is C26H27BrN2O. The minimum Gasteiger partial charge on any atom is -0.494 e. The lowest BCUT2D eigenvalue weighted by Gasteiger charge is -2.11. The van der Waals surface area contributed by atoms with Gasteiger partial charge in [0, 0.05) is 16.6 Å². The van der Waals surface area contributed by atoms with Gasteiger partial charge in [-0.3, -0.25) is 0 Å². The molecule has 4 heteroatoms.